The number of rotatable bonds is 2. The molecule has 0 amide bonds. The van der Waals surface area contributed by atoms with E-state index in [0.717, 1.165) is 35.7 Å². The number of hydrogen-bond acceptors (Lipinski definition) is 3. The molecule has 3 heterocycles. The normalized spacial score (nSPS) is 14.5. The monoisotopic (exact) mass is 277 g/mol. The zero-order valence-electron chi connectivity index (χ0n) is 11.6. The Bertz CT molecular complexity index is 789. The van der Waals surface area contributed by atoms with Gasteiger partial charge in [-0.15, -0.1) is 0 Å². The number of fused-ring (bicyclic) bond motifs is 2. The molecule has 0 saturated heterocycles. The van der Waals surface area contributed by atoms with Crippen molar-refractivity contribution in [2.45, 2.75) is 13.0 Å². The zero-order valence-corrected chi connectivity index (χ0v) is 11.6. The molecular weight excluding hydrogens is 262 g/mol. The molecule has 0 atom stereocenters. The molecule has 4 rings (SSSR count). The number of hydrogen-bond donors (Lipinski definition) is 0. The van der Waals surface area contributed by atoms with E-state index in [1.54, 1.807) is 0 Å². The topological polar surface area (TPSA) is 37.6 Å². The van der Waals surface area contributed by atoms with E-state index >= 15 is 0 Å². The quantitative estimate of drug-likeness (QED) is 0.723. The van der Waals surface area contributed by atoms with Crippen LogP contribution in [0.3, 0.4) is 0 Å². The molecule has 1 aliphatic heterocycles. The van der Waals surface area contributed by atoms with Gasteiger partial charge in [-0.3, -0.25) is 4.79 Å². The first-order chi connectivity index (χ1) is 10.3. The largest absolute Gasteiger partial charge is 0.365 e. The maximum Gasteiger partial charge on any atom is 0.166 e. The Balaban J connectivity index is 1.68. The van der Waals surface area contributed by atoms with Gasteiger partial charge in [-0.2, -0.15) is 0 Å². The second-order valence-corrected chi connectivity index (χ2v) is 5.31. The van der Waals surface area contributed by atoms with Gasteiger partial charge in [0.2, 0.25) is 0 Å². The fourth-order valence-electron chi connectivity index (χ4n) is 2.90. The number of carbonyl (C=O) groups excluding carboxylic acids is 1. The Morgan fingerprint density at radius 3 is 2.86 bits per heavy atom. The van der Waals surface area contributed by atoms with Crippen LogP contribution in [0, 0.1) is 0 Å². The average molecular weight is 277 g/mol. The highest BCUT2D eigenvalue weighted by molar-refractivity contribution is 6.03. The summed E-state index contributed by atoms with van der Waals surface area (Å²) in [4.78, 5) is 18.8. The standard InChI is InChI=1S/C17H15N3O/c21-16-8-10-19(15-6-2-1-5-14(15)16)11-13-12-20-9-4-3-7-17(20)18-13/h1-7,9,12H,8,10-11H2. The molecule has 0 fully saturated rings. The molecule has 0 radical (unpaired) electrons. The van der Waals surface area contributed by atoms with E-state index < -0.39 is 0 Å². The first-order valence-electron chi connectivity index (χ1n) is 7.11. The highest BCUT2D eigenvalue weighted by atomic mass is 16.1. The molecule has 21 heavy (non-hydrogen) atoms. The number of Topliss-reactive ketones (excluding diaryl/α,β-unsaturated/α-hetero) is 1. The Kier molecular flexibility index (Phi) is 2.74. The van der Waals surface area contributed by atoms with Crippen molar-refractivity contribution in [2.24, 2.45) is 0 Å². The van der Waals surface area contributed by atoms with Crippen LogP contribution in [0.1, 0.15) is 22.5 Å². The van der Waals surface area contributed by atoms with Crippen molar-refractivity contribution in [2.75, 3.05) is 11.4 Å². The van der Waals surface area contributed by atoms with E-state index in [0.29, 0.717) is 6.42 Å². The fraction of sp³-hybridized carbons (Fsp3) is 0.176. The number of pyridine rings is 1. The summed E-state index contributed by atoms with van der Waals surface area (Å²) >= 11 is 0. The van der Waals surface area contributed by atoms with E-state index in [4.69, 9.17) is 0 Å². The highest BCUT2D eigenvalue weighted by Crippen LogP contribution is 2.27. The number of aromatic nitrogens is 2. The van der Waals surface area contributed by atoms with Gasteiger partial charge in [0.05, 0.1) is 12.2 Å². The minimum absolute atomic E-state index is 0.233. The molecule has 0 N–H and O–H groups in total. The Labute approximate surface area is 122 Å². The molecule has 3 aromatic rings. The van der Waals surface area contributed by atoms with Gasteiger partial charge < -0.3 is 9.30 Å². The van der Waals surface area contributed by atoms with Crippen molar-refractivity contribution < 1.29 is 4.79 Å². The minimum Gasteiger partial charge on any atom is -0.365 e. The van der Waals surface area contributed by atoms with Gasteiger partial charge in [-0.05, 0) is 24.3 Å². The van der Waals surface area contributed by atoms with Crippen LogP contribution in [0.4, 0.5) is 5.69 Å². The van der Waals surface area contributed by atoms with Crippen molar-refractivity contribution in [3.63, 3.8) is 0 Å². The predicted octanol–water partition coefficient (Wildman–Crippen LogP) is 2.93. The van der Waals surface area contributed by atoms with Crippen LogP contribution in [-0.4, -0.2) is 21.7 Å². The van der Waals surface area contributed by atoms with E-state index in [-0.39, 0.29) is 5.78 Å². The van der Waals surface area contributed by atoms with Gasteiger partial charge in [-0.25, -0.2) is 4.98 Å². The summed E-state index contributed by atoms with van der Waals surface area (Å²) in [6, 6.07) is 13.8. The first kappa shape index (κ1) is 12.1. The molecule has 0 bridgehead atoms. The first-order valence-corrected chi connectivity index (χ1v) is 7.11. The summed E-state index contributed by atoms with van der Waals surface area (Å²) in [5.74, 6) is 0.233. The summed E-state index contributed by atoms with van der Waals surface area (Å²) in [5.41, 5.74) is 3.82. The van der Waals surface area contributed by atoms with E-state index in [9.17, 15) is 4.79 Å². The Morgan fingerprint density at radius 2 is 1.95 bits per heavy atom. The molecule has 1 aromatic carbocycles. The molecular formula is C17H15N3O. The molecule has 104 valence electrons. The number of nitrogens with zero attached hydrogens (tertiary/aromatic N) is 3. The number of ketones is 1. The SMILES string of the molecule is O=C1CCN(Cc2cn3ccccc3n2)c2ccccc21. The zero-order chi connectivity index (χ0) is 14.2. The lowest BCUT2D eigenvalue weighted by molar-refractivity contribution is 0.0979. The summed E-state index contributed by atoms with van der Waals surface area (Å²) in [6.45, 7) is 1.48. The Morgan fingerprint density at radius 1 is 1.10 bits per heavy atom. The van der Waals surface area contributed by atoms with Crippen molar-refractivity contribution >= 4 is 17.1 Å². The lowest BCUT2D eigenvalue weighted by Crippen LogP contribution is -2.31. The summed E-state index contributed by atoms with van der Waals surface area (Å²) in [7, 11) is 0. The molecule has 0 spiro atoms. The number of anilines is 1. The van der Waals surface area contributed by atoms with Crippen molar-refractivity contribution in [3.05, 3.63) is 66.1 Å². The number of para-hydroxylation sites is 1. The maximum absolute atomic E-state index is 12.0. The molecule has 0 saturated carbocycles. The maximum atomic E-state index is 12.0. The van der Waals surface area contributed by atoms with Crippen LogP contribution >= 0.6 is 0 Å². The van der Waals surface area contributed by atoms with Crippen LogP contribution in [0.25, 0.3) is 5.65 Å². The van der Waals surface area contributed by atoms with Gasteiger partial charge in [-0.1, -0.05) is 18.2 Å². The van der Waals surface area contributed by atoms with Crippen LogP contribution < -0.4 is 4.90 Å². The second-order valence-electron chi connectivity index (χ2n) is 5.31. The lowest BCUT2D eigenvalue weighted by Gasteiger charge is -2.29. The van der Waals surface area contributed by atoms with Gasteiger partial charge in [0.25, 0.3) is 0 Å². The summed E-state index contributed by atoms with van der Waals surface area (Å²) < 4.78 is 2.02. The lowest BCUT2D eigenvalue weighted by atomic mass is 10.0. The van der Waals surface area contributed by atoms with Crippen LogP contribution in [0.15, 0.2) is 54.9 Å². The van der Waals surface area contributed by atoms with Crippen LogP contribution in [-0.2, 0) is 6.54 Å². The third-order valence-electron chi connectivity index (χ3n) is 3.92. The van der Waals surface area contributed by atoms with Gasteiger partial charge in [0.1, 0.15) is 5.65 Å². The van der Waals surface area contributed by atoms with Crippen molar-refractivity contribution in [3.8, 4) is 0 Å². The summed E-state index contributed by atoms with van der Waals surface area (Å²) in [6.07, 6.45) is 4.62. The smallest absolute Gasteiger partial charge is 0.166 e. The molecule has 2 aromatic heterocycles. The van der Waals surface area contributed by atoms with Crippen LogP contribution in [0.2, 0.25) is 0 Å². The number of imidazole rings is 1. The highest BCUT2D eigenvalue weighted by Gasteiger charge is 2.22. The van der Waals surface area contributed by atoms with Gasteiger partial charge >= 0.3 is 0 Å². The molecule has 4 heteroatoms. The van der Waals surface area contributed by atoms with Crippen LogP contribution in [0.5, 0.6) is 0 Å². The average Bonchev–Trinajstić information content (AvgIpc) is 2.93. The summed E-state index contributed by atoms with van der Waals surface area (Å²) in [5, 5.41) is 0. The fourth-order valence-corrected chi connectivity index (χ4v) is 2.90. The molecule has 1 aliphatic rings. The van der Waals surface area contributed by atoms with E-state index in [2.05, 4.69) is 9.88 Å². The molecule has 0 unspecified atom stereocenters. The van der Waals surface area contributed by atoms with Crippen molar-refractivity contribution in [1.29, 1.82) is 0 Å². The van der Waals surface area contributed by atoms with Gasteiger partial charge in [0.15, 0.2) is 5.78 Å². The van der Waals surface area contributed by atoms with Crippen molar-refractivity contribution in [1.82, 2.24) is 9.38 Å². The molecule has 4 nitrogen and oxygen atoms in total. The minimum atomic E-state index is 0.233. The molecule has 0 aliphatic carbocycles. The predicted molar refractivity (Wildman–Crippen MR) is 81.6 cm³/mol. The Hall–Kier alpha value is -2.62. The van der Waals surface area contributed by atoms with E-state index in [1.807, 2.05) is 59.3 Å². The van der Waals surface area contributed by atoms with E-state index in [1.165, 1.54) is 0 Å². The van der Waals surface area contributed by atoms with Gasteiger partial charge in [0, 0.05) is 36.6 Å². The number of carbonyl (C=O) groups is 1. The third kappa shape index (κ3) is 2.09. The second kappa shape index (κ2) is 4.74. The number of benzene rings is 1. The third-order valence-corrected chi connectivity index (χ3v) is 3.92.